The number of nitrogens with one attached hydrogen (secondary N) is 1. The van der Waals surface area contributed by atoms with E-state index in [0.717, 1.165) is 12.1 Å². The highest BCUT2D eigenvalue weighted by atomic mass is 32.2. The number of amides is 2. The molecular weight excluding hydrogens is 460 g/mol. The molecular formula is C19H20F4N2O4S2. The van der Waals surface area contributed by atoms with Crippen molar-refractivity contribution in [2.24, 2.45) is 5.73 Å². The van der Waals surface area contributed by atoms with Crippen LogP contribution < -0.4 is 11.1 Å². The second-order valence-corrected chi connectivity index (χ2v) is 10.3. The minimum absolute atomic E-state index is 0.179. The normalized spacial score (nSPS) is 12.8. The highest BCUT2D eigenvalue weighted by Crippen LogP contribution is 2.33. The van der Waals surface area contributed by atoms with Crippen LogP contribution >= 0.6 is 11.3 Å². The van der Waals surface area contributed by atoms with Gasteiger partial charge in [-0.1, -0.05) is 0 Å². The molecule has 0 saturated heterocycles. The number of hydrogen-bond acceptors (Lipinski definition) is 5. The Labute approximate surface area is 180 Å². The fourth-order valence-electron chi connectivity index (χ4n) is 2.64. The van der Waals surface area contributed by atoms with Crippen molar-refractivity contribution in [3.05, 3.63) is 45.6 Å². The van der Waals surface area contributed by atoms with Gasteiger partial charge in [0, 0.05) is 10.6 Å². The van der Waals surface area contributed by atoms with Crippen molar-refractivity contribution in [3.63, 3.8) is 0 Å². The predicted octanol–water partition coefficient (Wildman–Crippen LogP) is 3.75. The zero-order valence-corrected chi connectivity index (χ0v) is 18.3. The Bertz CT molecular complexity index is 1110. The summed E-state index contributed by atoms with van der Waals surface area (Å²) in [4.78, 5) is 24.3. The van der Waals surface area contributed by atoms with Crippen LogP contribution in [-0.4, -0.2) is 38.3 Å². The zero-order chi connectivity index (χ0) is 23.8. The van der Waals surface area contributed by atoms with Gasteiger partial charge < -0.3 is 11.1 Å². The number of hydrogen-bond donors (Lipinski definition) is 2. The van der Waals surface area contributed by atoms with E-state index in [4.69, 9.17) is 5.73 Å². The quantitative estimate of drug-likeness (QED) is 0.562. The summed E-state index contributed by atoms with van der Waals surface area (Å²) >= 11 is 1.17. The molecule has 0 aliphatic rings. The summed E-state index contributed by atoms with van der Waals surface area (Å²) in [5.41, 5.74) is 4.88. The number of primary amides is 1. The number of benzene rings is 1. The topological polar surface area (TPSA) is 106 Å². The monoisotopic (exact) mass is 480 g/mol. The molecule has 0 aliphatic carbocycles. The van der Waals surface area contributed by atoms with E-state index in [2.05, 4.69) is 5.32 Å². The molecule has 0 aliphatic heterocycles. The molecule has 170 valence electrons. The van der Waals surface area contributed by atoms with E-state index in [0.29, 0.717) is 4.88 Å². The molecule has 0 bridgehead atoms. The Morgan fingerprint density at radius 2 is 1.81 bits per heavy atom. The van der Waals surface area contributed by atoms with Crippen molar-refractivity contribution in [2.75, 3.05) is 11.1 Å². The van der Waals surface area contributed by atoms with Crippen molar-refractivity contribution in [1.29, 1.82) is 0 Å². The summed E-state index contributed by atoms with van der Waals surface area (Å²) in [6.45, 7) is 4.55. The van der Waals surface area contributed by atoms with Crippen LogP contribution in [0.3, 0.4) is 0 Å². The van der Waals surface area contributed by atoms with Gasteiger partial charge >= 0.3 is 12.3 Å². The number of rotatable bonds is 8. The molecule has 0 spiro atoms. The number of nitrogens with two attached hydrogens (primary N) is 1. The van der Waals surface area contributed by atoms with Gasteiger partial charge in [0.15, 0.2) is 9.84 Å². The lowest BCUT2D eigenvalue weighted by atomic mass is 9.88. The summed E-state index contributed by atoms with van der Waals surface area (Å²) in [5.74, 6) is -7.95. The molecule has 1 aromatic heterocycles. The third-order valence-electron chi connectivity index (χ3n) is 4.60. The first kappa shape index (κ1) is 24.8. The van der Waals surface area contributed by atoms with E-state index in [-0.39, 0.29) is 16.8 Å². The minimum atomic E-state index is -4.70. The number of carbonyl (C=O) groups is 2. The van der Waals surface area contributed by atoms with Crippen molar-refractivity contribution in [2.45, 2.75) is 43.4 Å². The standard InChI is InChI=1S/C19H20F4N2O4S2/c1-10-8-11(31(28,29)9-19(22,23)16(20)21)4-5-13(10)25-15(26)12-6-7-30-14(12)18(2,3)17(24)27/h4-8,16H,9H2,1-3H3,(H2,24,27)(H,25,26). The number of carbonyl (C=O) groups excluding carboxylic acids is 2. The Morgan fingerprint density at radius 1 is 1.19 bits per heavy atom. The van der Waals surface area contributed by atoms with Gasteiger partial charge in [0.25, 0.3) is 5.91 Å². The van der Waals surface area contributed by atoms with Crippen LogP contribution in [0.2, 0.25) is 0 Å². The van der Waals surface area contributed by atoms with Gasteiger partial charge in [-0.15, -0.1) is 11.3 Å². The van der Waals surface area contributed by atoms with Crippen molar-refractivity contribution >= 4 is 38.7 Å². The van der Waals surface area contributed by atoms with Crippen LogP contribution in [0.1, 0.15) is 34.6 Å². The molecule has 0 atom stereocenters. The summed E-state index contributed by atoms with van der Waals surface area (Å²) in [6.07, 6.45) is -4.12. The number of anilines is 1. The number of sulfone groups is 1. The van der Waals surface area contributed by atoms with Crippen LogP contribution in [0.25, 0.3) is 0 Å². The first-order valence-corrected chi connectivity index (χ1v) is 11.3. The molecule has 0 radical (unpaired) electrons. The molecule has 0 unspecified atom stereocenters. The van der Waals surface area contributed by atoms with E-state index >= 15 is 0 Å². The van der Waals surface area contributed by atoms with E-state index in [1.54, 1.807) is 19.2 Å². The maximum atomic E-state index is 13.2. The van der Waals surface area contributed by atoms with E-state index in [1.165, 1.54) is 30.4 Å². The first-order chi connectivity index (χ1) is 14.1. The summed E-state index contributed by atoms with van der Waals surface area (Å²) in [5, 5.41) is 4.17. The Balaban J connectivity index is 2.29. The molecule has 31 heavy (non-hydrogen) atoms. The Morgan fingerprint density at radius 3 is 2.32 bits per heavy atom. The van der Waals surface area contributed by atoms with Crippen molar-refractivity contribution in [3.8, 4) is 0 Å². The summed E-state index contributed by atoms with van der Waals surface area (Å²) < 4.78 is 75.3. The number of halogens is 4. The van der Waals surface area contributed by atoms with Crippen molar-refractivity contribution < 1.29 is 35.6 Å². The minimum Gasteiger partial charge on any atom is -0.369 e. The Hall–Kier alpha value is -2.47. The highest BCUT2D eigenvalue weighted by Gasteiger charge is 2.45. The highest BCUT2D eigenvalue weighted by molar-refractivity contribution is 7.91. The predicted molar refractivity (Wildman–Crippen MR) is 109 cm³/mol. The molecule has 0 saturated carbocycles. The van der Waals surface area contributed by atoms with Gasteiger partial charge in [-0.25, -0.2) is 17.2 Å². The SMILES string of the molecule is Cc1cc(S(=O)(=O)CC(F)(F)C(F)F)ccc1NC(=O)c1ccsc1C(C)(C)C(N)=O. The van der Waals surface area contributed by atoms with Crippen molar-refractivity contribution in [1.82, 2.24) is 0 Å². The van der Waals surface area contributed by atoms with E-state index in [9.17, 15) is 35.6 Å². The smallest absolute Gasteiger partial charge is 0.321 e. The first-order valence-electron chi connectivity index (χ1n) is 8.78. The number of alkyl halides is 4. The van der Waals surface area contributed by atoms with Crippen LogP contribution in [0, 0.1) is 6.92 Å². The third kappa shape index (κ3) is 5.24. The molecule has 6 nitrogen and oxygen atoms in total. The van der Waals surface area contributed by atoms with Gasteiger partial charge in [-0.2, -0.15) is 8.78 Å². The molecule has 1 heterocycles. The number of thiophene rings is 1. The van der Waals surface area contributed by atoms with Crippen LogP contribution in [-0.2, 0) is 20.0 Å². The largest absolute Gasteiger partial charge is 0.369 e. The maximum absolute atomic E-state index is 13.2. The fourth-order valence-corrected chi connectivity index (χ4v) is 5.10. The van der Waals surface area contributed by atoms with Gasteiger partial charge in [-0.05, 0) is 56.0 Å². The number of aryl methyl sites for hydroxylation is 1. The van der Waals surface area contributed by atoms with Gasteiger partial charge in [0.05, 0.1) is 15.9 Å². The van der Waals surface area contributed by atoms with Gasteiger partial charge in [-0.3, -0.25) is 9.59 Å². The maximum Gasteiger partial charge on any atom is 0.321 e. The lowest BCUT2D eigenvalue weighted by Gasteiger charge is -2.21. The molecule has 12 heteroatoms. The van der Waals surface area contributed by atoms with Gasteiger partial charge in [0.1, 0.15) is 5.75 Å². The van der Waals surface area contributed by atoms with Crippen LogP contribution in [0.4, 0.5) is 23.2 Å². The molecule has 2 rings (SSSR count). The third-order valence-corrected chi connectivity index (χ3v) is 7.58. The molecule has 2 aromatic rings. The molecule has 3 N–H and O–H groups in total. The summed E-state index contributed by atoms with van der Waals surface area (Å²) in [7, 11) is -4.70. The molecule has 0 fully saturated rings. The second kappa shape index (κ2) is 8.58. The van der Waals surface area contributed by atoms with Crippen LogP contribution in [0.5, 0.6) is 0 Å². The lowest BCUT2D eigenvalue weighted by Crippen LogP contribution is -2.36. The molecule has 2 amide bonds. The lowest BCUT2D eigenvalue weighted by molar-refractivity contribution is -0.122. The van der Waals surface area contributed by atoms with E-state index < -0.39 is 50.1 Å². The second-order valence-electron chi connectivity index (χ2n) is 7.40. The van der Waals surface area contributed by atoms with E-state index in [1.807, 2.05) is 0 Å². The average Bonchev–Trinajstić information content (AvgIpc) is 3.12. The van der Waals surface area contributed by atoms with Gasteiger partial charge in [0.2, 0.25) is 5.91 Å². The summed E-state index contributed by atoms with van der Waals surface area (Å²) in [6, 6.07) is 4.63. The van der Waals surface area contributed by atoms with Crippen LogP contribution in [0.15, 0.2) is 34.5 Å². The average molecular weight is 481 g/mol. The Kier molecular flexibility index (Phi) is 6.86. The fraction of sp³-hybridized carbons (Fsp3) is 0.368. The zero-order valence-electron chi connectivity index (χ0n) is 16.7. The molecule has 1 aromatic carbocycles.